The molecule has 2 aromatic rings. The van der Waals surface area contributed by atoms with Gasteiger partial charge in [0.25, 0.3) is 0 Å². The zero-order chi connectivity index (χ0) is 13.4. The monoisotopic (exact) mass is 300 g/mol. The molecule has 0 bridgehead atoms. The van der Waals surface area contributed by atoms with Crippen LogP contribution in [0.25, 0.3) is 10.8 Å². The van der Waals surface area contributed by atoms with Gasteiger partial charge in [-0.1, -0.05) is 11.6 Å². The highest BCUT2D eigenvalue weighted by molar-refractivity contribution is 7.10. The second-order valence-corrected chi connectivity index (χ2v) is 6.07. The summed E-state index contributed by atoms with van der Waals surface area (Å²) in [7, 11) is 2.10. The minimum absolute atomic E-state index is 0.125. The van der Waals surface area contributed by atoms with Crippen LogP contribution in [0, 0.1) is 5.13 Å². The summed E-state index contributed by atoms with van der Waals surface area (Å²) in [5.41, 5.74) is 0. The Balaban J connectivity index is 1.91. The number of hydrogen-bond donors (Lipinski definition) is 1. The van der Waals surface area contributed by atoms with Gasteiger partial charge in [0.2, 0.25) is 0 Å². The van der Waals surface area contributed by atoms with E-state index in [0.29, 0.717) is 17.2 Å². The summed E-state index contributed by atoms with van der Waals surface area (Å²) in [6.45, 7) is 2.07. The van der Waals surface area contributed by atoms with Crippen LogP contribution in [0.15, 0.2) is 5.38 Å². The average molecular weight is 301 g/mol. The number of nitrogens with zero attached hydrogens (tertiary/aromatic N) is 3. The predicted molar refractivity (Wildman–Crippen MR) is 76.5 cm³/mol. The number of fused-ring (bicyclic) bond motifs is 1. The second kappa shape index (κ2) is 5.19. The molecule has 1 aliphatic rings. The van der Waals surface area contributed by atoms with Crippen LogP contribution >= 0.6 is 22.9 Å². The number of rotatable bonds is 2. The molecule has 1 aliphatic heterocycles. The number of thiophene rings is 1. The Hall–Kier alpha value is -0.980. The third kappa shape index (κ3) is 2.52. The van der Waals surface area contributed by atoms with Crippen molar-refractivity contribution in [1.82, 2.24) is 15.1 Å². The summed E-state index contributed by atoms with van der Waals surface area (Å²) < 4.78 is 13.7. The van der Waals surface area contributed by atoms with Gasteiger partial charge >= 0.3 is 0 Å². The first-order valence-electron chi connectivity index (χ1n) is 6.19. The number of piperidine rings is 1. The zero-order valence-electron chi connectivity index (χ0n) is 10.5. The van der Waals surface area contributed by atoms with E-state index in [1.54, 1.807) is 5.38 Å². The first-order valence-corrected chi connectivity index (χ1v) is 7.45. The lowest BCUT2D eigenvalue weighted by molar-refractivity contribution is 0.261. The first-order chi connectivity index (χ1) is 9.15. The van der Waals surface area contributed by atoms with Gasteiger partial charge < -0.3 is 10.2 Å². The van der Waals surface area contributed by atoms with Crippen molar-refractivity contribution in [2.24, 2.45) is 0 Å². The van der Waals surface area contributed by atoms with Gasteiger partial charge in [-0.25, -0.2) is 0 Å². The third-order valence-corrected chi connectivity index (χ3v) is 4.44. The molecule has 1 saturated heterocycles. The number of likely N-dealkylation sites (tertiary alicyclic amines) is 1. The molecule has 2 aromatic heterocycles. The molecule has 0 amide bonds. The molecule has 3 rings (SSSR count). The molecule has 0 aliphatic carbocycles. The maximum absolute atomic E-state index is 13.7. The number of halogens is 2. The van der Waals surface area contributed by atoms with Crippen molar-refractivity contribution >= 4 is 39.5 Å². The van der Waals surface area contributed by atoms with Crippen molar-refractivity contribution < 1.29 is 4.39 Å². The normalized spacial score (nSPS) is 20.9. The lowest BCUT2D eigenvalue weighted by Crippen LogP contribution is -2.39. The van der Waals surface area contributed by atoms with Gasteiger partial charge in [-0.05, 0) is 26.4 Å². The minimum atomic E-state index is -0.307. The highest BCUT2D eigenvalue weighted by atomic mass is 35.5. The first kappa shape index (κ1) is 13.0. The van der Waals surface area contributed by atoms with Crippen LogP contribution in [0.4, 0.5) is 10.2 Å². The van der Waals surface area contributed by atoms with E-state index in [1.165, 1.54) is 0 Å². The smallest absolute Gasteiger partial charge is 0.187 e. The van der Waals surface area contributed by atoms with Crippen LogP contribution in [-0.4, -0.2) is 41.3 Å². The molecule has 0 unspecified atom stereocenters. The largest absolute Gasteiger partial charge is 0.364 e. The summed E-state index contributed by atoms with van der Waals surface area (Å²) >= 11 is 6.93. The molecule has 102 valence electrons. The standard InChI is InChI=1S/C12H14ClFN4S/c1-18-4-2-3-7(5-18)15-12-8-6-19-11(14)9(8)10(13)16-17-12/h6-7H,2-5H2,1H3,(H,15,17)/t7-/m1/s1. The van der Waals surface area contributed by atoms with Gasteiger partial charge in [0.1, 0.15) is 0 Å². The van der Waals surface area contributed by atoms with Gasteiger partial charge in [0.15, 0.2) is 16.1 Å². The van der Waals surface area contributed by atoms with Crippen LogP contribution in [0.5, 0.6) is 0 Å². The van der Waals surface area contributed by atoms with Crippen LogP contribution in [0.3, 0.4) is 0 Å². The molecular formula is C12H14ClFN4S. The van der Waals surface area contributed by atoms with E-state index in [1.807, 2.05) is 0 Å². The fraction of sp³-hybridized carbons (Fsp3) is 0.500. The van der Waals surface area contributed by atoms with Crippen LogP contribution in [-0.2, 0) is 0 Å². The van der Waals surface area contributed by atoms with E-state index in [2.05, 4.69) is 27.5 Å². The van der Waals surface area contributed by atoms with Gasteiger partial charge in [-0.3, -0.25) is 0 Å². The Morgan fingerprint density at radius 1 is 1.53 bits per heavy atom. The maximum atomic E-state index is 13.7. The SMILES string of the molecule is CN1CCC[C@@H](Nc2nnc(Cl)c3c(F)scc23)C1. The number of hydrogen-bond acceptors (Lipinski definition) is 5. The van der Waals surface area contributed by atoms with E-state index in [4.69, 9.17) is 11.6 Å². The van der Waals surface area contributed by atoms with Gasteiger partial charge in [-0.2, -0.15) is 4.39 Å². The van der Waals surface area contributed by atoms with E-state index < -0.39 is 0 Å². The Kier molecular flexibility index (Phi) is 3.56. The molecule has 1 fully saturated rings. The van der Waals surface area contributed by atoms with E-state index >= 15 is 0 Å². The third-order valence-electron chi connectivity index (χ3n) is 3.41. The summed E-state index contributed by atoms with van der Waals surface area (Å²) in [6, 6.07) is 0.320. The number of anilines is 1. The van der Waals surface area contributed by atoms with Crippen molar-refractivity contribution in [3.05, 3.63) is 15.7 Å². The number of nitrogens with one attached hydrogen (secondary N) is 1. The van der Waals surface area contributed by atoms with Gasteiger partial charge in [0.05, 0.1) is 5.39 Å². The topological polar surface area (TPSA) is 41.0 Å². The van der Waals surface area contributed by atoms with Gasteiger partial charge in [0, 0.05) is 23.4 Å². The second-order valence-electron chi connectivity index (χ2n) is 4.88. The van der Waals surface area contributed by atoms with E-state index in [0.717, 1.165) is 42.7 Å². The number of likely N-dealkylation sites (N-methyl/N-ethyl adjacent to an activating group) is 1. The molecule has 1 N–H and O–H groups in total. The van der Waals surface area contributed by atoms with Crippen molar-refractivity contribution in [2.45, 2.75) is 18.9 Å². The summed E-state index contributed by atoms with van der Waals surface area (Å²) in [4.78, 5) is 2.27. The molecule has 4 nitrogen and oxygen atoms in total. The quantitative estimate of drug-likeness (QED) is 0.926. The molecule has 0 radical (unpaired) electrons. The molecule has 7 heteroatoms. The van der Waals surface area contributed by atoms with E-state index in [-0.39, 0.29) is 10.3 Å². The molecular weight excluding hydrogens is 287 g/mol. The molecule has 0 saturated carbocycles. The summed E-state index contributed by atoms with van der Waals surface area (Å²) in [5, 5.41) is 13.9. The van der Waals surface area contributed by atoms with Crippen molar-refractivity contribution in [3.63, 3.8) is 0 Å². The fourth-order valence-corrected chi connectivity index (χ4v) is 3.54. The Bertz CT molecular complexity index is 603. The molecule has 19 heavy (non-hydrogen) atoms. The van der Waals surface area contributed by atoms with Crippen molar-refractivity contribution in [2.75, 3.05) is 25.5 Å². The summed E-state index contributed by atoms with van der Waals surface area (Å²) in [5.74, 6) is 0.625. The van der Waals surface area contributed by atoms with Crippen LogP contribution < -0.4 is 5.32 Å². The van der Waals surface area contributed by atoms with Gasteiger partial charge in [-0.15, -0.1) is 21.5 Å². The number of aromatic nitrogens is 2. The van der Waals surface area contributed by atoms with Crippen molar-refractivity contribution in [3.8, 4) is 0 Å². The van der Waals surface area contributed by atoms with E-state index in [9.17, 15) is 4.39 Å². The summed E-state index contributed by atoms with van der Waals surface area (Å²) in [6.07, 6.45) is 2.24. The zero-order valence-corrected chi connectivity index (χ0v) is 12.1. The highest BCUT2D eigenvalue weighted by Crippen LogP contribution is 2.33. The van der Waals surface area contributed by atoms with Crippen LogP contribution in [0.1, 0.15) is 12.8 Å². The predicted octanol–water partition coefficient (Wildman–Crippen LogP) is 2.99. The van der Waals surface area contributed by atoms with Crippen molar-refractivity contribution in [1.29, 1.82) is 0 Å². The molecule has 0 aromatic carbocycles. The lowest BCUT2D eigenvalue weighted by Gasteiger charge is -2.30. The Labute approximate surface area is 119 Å². The Morgan fingerprint density at radius 2 is 2.37 bits per heavy atom. The highest BCUT2D eigenvalue weighted by Gasteiger charge is 2.20. The minimum Gasteiger partial charge on any atom is -0.364 e. The Morgan fingerprint density at radius 3 is 3.16 bits per heavy atom. The lowest BCUT2D eigenvalue weighted by atomic mass is 10.1. The van der Waals surface area contributed by atoms with Crippen LogP contribution in [0.2, 0.25) is 5.15 Å². The molecule has 0 spiro atoms. The molecule has 1 atom stereocenters. The average Bonchev–Trinajstić information content (AvgIpc) is 2.76. The maximum Gasteiger partial charge on any atom is 0.187 e. The molecule has 3 heterocycles. The fourth-order valence-electron chi connectivity index (χ4n) is 2.48.